The molecule has 24 heavy (non-hydrogen) atoms. The average Bonchev–Trinajstić information content (AvgIpc) is 2.51. The summed E-state index contributed by atoms with van der Waals surface area (Å²) in [5.41, 5.74) is -0.304. The Balaban J connectivity index is 2.05. The normalized spacial score (nSPS) is 18.3. The van der Waals surface area contributed by atoms with Crippen molar-refractivity contribution in [2.24, 2.45) is 5.92 Å². The number of nitro groups is 1. The first-order valence-electron chi connectivity index (χ1n) is 7.21. The van der Waals surface area contributed by atoms with Crippen molar-refractivity contribution < 1.29 is 27.3 Å². The minimum absolute atomic E-state index is 0.0540. The van der Waals surface area contributed by atoms with Gasteiger partial charge in [-0.05, 0) is 18.9 Å². The Morgan fingerprint density at radius 2 is 2.12 bits per heavy atom. The number of alkyl halides is 3. The molecule has 1 aliphatic rings. The highest BCUT2D eigenvalue weighted by Gasteiger charge is 2.32. The molecule has 0 aliphatic carbocycles. The molecule has 0 saturated carbocycles. The summed E-state index contributed by atoms with van der Waals surface area (Å²) in [6, 6.07) is 3.16. The molecule has 1 N–H and O–H groups in total. The Morgan fingerprint density at radius 3 is 2.71 bits per heavy atom. The van der Waals surface area contributed by atoms with Gasteiger partial charge in [-0.2, -0.15) is 13.2 Å². The zero-order valence-corrected chi connectivity index (χ0v) is 12.5. The number of hydrogen-bond donors (Lipinski definition) is 1. The molecule has 1 atom stereocenters. The molecule has 2 rings (SSSR count). The number of piperidine rings is 1. The lowest BCUT2D eigenvalue weighted by atomic mass is 9.96. The molecule has 132 valence electrons. The maximum atomic E-state index is 14.0. The van der Waals surface area contributed by atoms with E-state index in [9.17, 15) is 32.5 Å². The Kier molecular flexibility index (Phi) is 5.25. The number of rotatable bonds is 4. The first-order valence-corrected chi connectivity index (χ1v) is 7.21. The fourth-order valence-corrected chi connectivity index (χ4v) is 2.61. The van der Waals surface area contributed by atoms with E-state index in [-0.39, 0.29) is 12.2 Å². The summed E-state index contributed by atoms with van der Waals surface area (Å²) in [6.07, 6.45) is -3.59. The van der Waals surface area contributed by atoms with Gasteiger partial charge in [-0.3, -0.25) is 14.9 Å². The number of non-ortho nitro benzene ring substituents is 1. The van der Waals surface area contributed by atoms with E-state index in [2.05, 4.69) is 0 Å². The predicted molar refractivity (Wildman–Crippen MR) is 77.1 cm³/mol. The average molecular weight is 349 g/mol. The lowest BCUT2D eigenvalue weighted by Crippen LogP contribution is -2.45. The van der Waals surface area contributed by atoms with E-state index >= 15 is 0 Å². The van der Waals surface area contributed by atoms with E-state index in [0.29, 0.717) is 19.4 Å². The van der Waals surface area contributed by atoms with Crippen LogP contribution in [0.25, 0.3) is 0 Å². The second-order valence-electron chi connectivity index (χ2n) is 5.51. The first-order chi connectivity index (χ1) is 11.2. The van der Waals surface area contributed by atoms with Crippen LogP contribution in [0.15, 0.2) is 18.2 Å². The van der Waals surface area contributed by atoms with Crippen molar-refractivity contribution >= 4 is 17.3 Å². The minimum atomic E-state index is -4.49. The third kappa shape index (κ3) is 4.56. The van der Waals surface area contributed by atoms with Crippen molar-refractivity contribution in [2.75, 3.05) is 24.5 Å². The van der Waals surface area contributed by atoms with Crippen LogP contribution in [0.3, 0.4) is 0 Å². The number of carbonyl (C=O) groups is 1. The third-order valence-electron chi connectivity index (χ3n) is 3.74. The Morgan fingerprint density at radius 1 is 1.42 bits per heavy atom. The van der Waals surface area contributed by atoms with E-state index in [0.717, 1.165) is 12.1 Å². The summed E-state index contributed by atoms with van der Waals surface area (Å²) < 4.78 is 50.5. The quantitative estimate of drug-likeness (QED) is 0.515. The zero-order chi connectivity index (χ0) is 17.9. The van der Waals surface area contributed by atoms with Crippen LogP contribution in [0.1, 0.15) is 12.8 Å². The van der Waals surface area contributed by atoms with Gasteiger partial charge in [0.1, 0.15) is 6.54 Å². The fraction of sp³-hybridized carbons (Fsp3) is 0.500. The largest absolute Gasteiger partial charge is 0.405 e. The molecule has 0 radical (unpaired) electrons. The number of nitro benzene ring substituents is 1. The van der Waals surface area contributed by atoms with E-state index in [1.54, 1.807) is 0 Å². The highest BCUT2D eigenvalue weighted by atomic mass is 19.4. The lowest BCUT2D eigenvalue weighted by Gasteiger charge is -2.33. The van der Waals surface area contributed by atoms with Gasteiger partial charge in [0.25, 0.3) is 5.69 Å². The number of nitrogens with zero attached hydrogens (tertiary/aromatic N) is 2. The van der Waals surface area contributed by atoms with Gasteiger partial charge in [-0.25, -0.2) is 4.39 Å². The molecule has 0 bridgehead atoms. The van der Waals surface area contributed by atoms with Gasteiger partial charge in [0, 0.05) is 19.2 Å². The molecule has 1 saturated heterocycles. The molecule has 10 heteroatoms. The first kappa shape index (κ1) is 18.0. The van der Waals surface area contributed by atoms with Gasteiger partial charge in [-0.15, -0.1) is 0 Å². The molecule has 1 aromatic carbocycles. The van der Waals surface area contributed by atoms with Gasteiger partial charge in [0.05, 0.1) is 22.6 Å². The Bertz CT molecular complexity index is 636. The fourth-order valence-electron chi connectivity index (χ4n) is 2.61. The van der Waals surface area contributed by atoms with Crippen LogP contribution < -0.4 is 10.2 Å². The van der Waals surface area contributed by atoms with E-state index in [4.69, 9.17) is 0 Å². The number of nitrogens with one attached hydrogen (secondary N) is 1. The molecule has 6 nitrogen and oxygen atoms in total. The molecule has 0 spiro atoms. The van der Waals surface area contributed by atoms with Crippen LogP contribution in [-0.4, -0.2) is 36.6 Å². The topological polar surface area (TPSA) is 75.5 Å². The predicted octanol–water partition coefficient (Wildman–Crippen LogP) is 2.63. The molecular formula is C14H15F4N3O3. The van der Waals surface area contributed by atoms with Crippen LogP contribution in [0, 0.1) is 21.8 Å². The number of carbonyl (C=O) groups excluding carboxylic acids is 1. The van der Waals surface area contributed by atoms with Crippen molar-refractivity contribution in [1.29, 1.82) is 0 Å². The monoisotopic (exact) mass is 349 g/mol. The van der Waals surface area contributed by atoms with Crippen molar-refractivity contribution in [3.63, 3.8) is 0 Å². The number of hydrogen-bond acceptors (Lipinski definition) is 4. The second-order valence-corrected chi connectivity index (χ2v) is 5.51. The summed E-state index contributed by atoms with van der Waals surface area (Å²) in [4.78, 5) is 23.2. The summed E-state index contributed by atoms with van der Waals surface area (Å²) in [6.45, 7) is -0.940. The third-order valence-corrected chi connectivity index (χ3v) is 3.74. The van der Waals surface area contributed by atoms with Gasteiger partial charge in [0.2, 0.25) is 5.91 Å². The van der Waals surface area contributed by atoms with E-state index in [1.165, 1.54) is 11.0 Å². The van der Waals surface area contributed by atoms with Gasteiger partial charge in [0.15, 0.2) is 5.82 Å². The number of anilines is 1. The zero-order valence-electron chi connectivity index (χ0n) is 12.5. The Labute approximate surface area is 134 Å². The highest BCUT2D eigenvalue weighted by molar-refractivity contribution is 5.79. The Hall–Kier alpha value is -2.39. The molecule has 1 heterocycles. The minimum Gasteiger partial charge on any atom is -0.368 e. The van der Waals surface area contributed by atoms with Gasteiger partial charge >= 0.3 is 6.18 Å². The lowest BCUT2D eigenvalue weighted by molar-refractivity contribution is -0.385. The SMILES string of the molecule is O=C(NCC(F)(F)F)C1CCCN(c2ccc([N+](=O)[O-])cc2F)C1. The summed E-state index contributed by atoms with van der Waals surface area (Å²) in [7, 11) is 0. The van der Waals surface area contributed by atoms with E-state index in [1.807, 2.05) is 5.32 Å². The van der Waals surface area contributed by atoms with Crippen LogP contribution in [0.4, 0.5) is 28.9 Å². The van der Waals surface area contributed by atoms with Crippen LogP contribution in [-0.2, 0) is 4.79 Å². The van der Waals surface area contributed by atoms with Crippen LogP contribution in [0.5, 0.6) is 0 Å². The highest BCUT2D eigenvalue weighted by Crippen LogP contribution is 2.28. The maximum absolute atomic E-state index is 14.0. The van der Waals surface area contributed by atoms with Gasteiger partial charge in [-0.1, -0.05) is 0 Å². The van der Waals surface area contributed by atoms with Crippen molar-refractivity contribution in [3.8, 4) is 0 Å². The summed E-state index contributed by atoms with van der Waals surface area (Å²) in [5.74, 6) is -2.24. The molecule has 1 aliphatic heterocycles. The molecule has 1 unspecified atom stereocenters. The smallest absolute Gasteiger partial charge is 0.368 e. The summed E-state index contributed by atoms with van der Waals surface area (Å²) in [5, 5.41) is 12.4. The van der Waals surface area contributed by atoms with Crippen LogP contribution in [0.2, 0.25) is 0 Å². The molecular weight excluding hydrogens is 334 g/mol. The number of benzene rings is 1. The van der Waals surface area contributed by atoms with Crippen molar-refractivity contribution in [2.45, 2.75) is 19.0 Å². The maximum Gasteiger partial charge on any atom is 0.405 e. The van der Waals surface area contributed by atoms with Crippen molar-refractivity contribution in [1.82, 2.24) is 5.32 Å². The second kappa shape index (κ2) is 7.02. The molecule has 1 amide bonds. The summed E-state index contributed by atoms with van der Waals surface area (Å²) >= 11 is 0. The van der Waals surface area contributed by atoms with Gasteiger partial charge < -0.3 is 10.2 Å². The molecule has 0 aromatic heterocycles. The number of halogens is 4. The van der Waals surface area contributed by atoms with Crippen LogP contribution >= 0.6 is 0 Å². The van der Waals surface area contributed by atoms with Crippen molar-refractivity contribution in [3.05, 3.63) is 34.1 Å². The molecule has 1 aromatic rings. The number of amides is 1. The molecule has 1 fully saturated rings. The standard InChI is InChI=1S/C14H15F4N3O3/c15-11-6-10(21(23)24)3-4-12(11)20-5-1-2-9(7-20)13(22)19-8-14(16,17)18/h3-4,6,9H,1-2,5,7-8H2,(H,19,22). The van der Waals surface area contributed by atoms with E-state index < -0.39 is 41.0 Å².